The van der Waals surface area contributed by atoms with Crippen molar-refractivity contribution >= 4 is 28.8 Å². The first-order valence-electron chi connectivity index (χ1n) is 5.08. The summed E-state index contributed by atoms with van der Waals surface area (Å²) >= 11 is 0.901. The van der Waals surface area contributed by atoms with Gasteiger partial charge in [0, 0.05) is 20.8 Å². The zero-order valence-corrected chi connectivity index (χ0v) is 11.0. The van der Waals surface area contributed by atoms with Crippen molar-refractivity contribution in [1.82, 2.24) is 0 Å². The Labute approximate surface area is 108 Å². The third kappa shape index (κ3) is 4.58. The molecule has 0 amide bonds. The van der Waals surface area contributed by atoms with E-state index < -0.39 is 11.9 Å². The Hall–Kier alpha value is -1.82. The van der Waals surface area contributed by atoms with Gasteiger partial charge in [-0.2, -0.15) is 0 Å². The largest absolute Gasteiger partial charge is 0.427 e. The van der Waals surface area contributed by atoms with E-state index in [0.29, 0.717) is 10.6 Å². The van der Waals surface area contributed by atoms with Gasteiger partial charge in [0.25, 0.3) is 0 Å². The first-order chi connectivity index (χ1) is 8.38. The SMILES string of the molecule is CC(=O)Oc1ccc(OC(C)=O)c(SC(C)=O)c1. The molecule has 6 heteroatoms. The summed E-state index contributed by atoms with van der Waals surface area (Å²) in [7, 11) is 0. The van der Waals surface area contributed by atoms with Crippen molar-refractivity contribution in [2.24, 2.45) is 0 Å². The highest BCUT2D eigenvalue weighted by molar-refractivity contribution is 8.13. The van der Waals surface area contributed by atoms with Gasteiger partial charge >= 0.3 is 11.9 Å². The number of esters is 2. The maximum absolute atomic E-state index is 11.1. The molecule has 96 valence electrons. The molecule has 0 atom stereocenters. The van der Waals surface area contributed by atoms with Crippen molar-refractivity contribution in [1.29, 1.82) is 0 Å². The number of carbonyl (C=O) groups is 3. The molecule has 0 saturated carbocycles. The lowest BCUT2D eigenvalue weighted by molar-refractivity contribution is -0.133. The van der Waals surface area contributed by atoms with Crippen LogP contribution in [0.5, 0.6) is 11.5 Å². The number of carbonyl (C=O) groups excluding carboxylic acids is 3. The van der Waals surface area contributed by atoms with E-state index >= 15 is 0 Å². The molecular weight excluding hydrogens is 256 g/mol. The lowest BCUT2D eigenvalue weighted by Gasteiger charge is -2.09. The summed E-state index contributed by atoms with van der Waals surface area (Å²) in [5, 5.41) is -0.164. The first-order valence-corrected chi connectivity index (χ1v) is 5.89. The molecule has 0 aliphatic rings. The molecule has 0 unspecified atom stereocenters. The summed E-state index contributed by atoms with van der Waals surface area (Å²) in [6, 6.07) is 4.44. The van der Waals surface area contributed by atoms with E-state index in [0.717, 1.165) is 11.8 Å². The summed E-state index contributed by atoms with van der Waals surface area (Å²) in [6.07, 6.45) is 0. The van der Waals surface area contributed by atoms with Crippen LogP contribution in [-0.4, -0.2) is 17.1 Å². The number of hydrogen-bond donors (Lipinski definition) is 0. The molecule has 0 spiro atoms. The molecule has 1 rings (SSSR count). The van der Waals surface area contributed by atoms with Gasteiger partial charge in [0.15, 0.2) is 5.12 Å². The van der Waals surface area contributed by atoms with Crippen LogP contribution in [0.1, 0.15) is 20.8 Å². The molecule has 0 aromatic heterocycles. The molecule has 0 aliphatic carbocycles. The molecule has 0 N–H and O–H groups in total. The Kier molecular flexibility index (Phi) is 4.91. The average molecular weight is 268 g/mol. The van der Waals surface area contributed by atoms with Gasteiger partial charge in [0.05, 0.1) is 4.90 Å². The van der Waals surface area contributed by atoms with Crippen LogP contribution in [0.25, 0.3) is 0 Å². The minimum absolute atomic E-state index is 0.164. The lowest BCUT2D eigenvalue weighted by atomic mass is 10.3. The fourth-order valence-electron chi connectivity index (χ4n) is 1.19. The Bertz CT molecular complexity index is 495. The van der Waals surface area contributed by atoms with Crippen molar-refractivity contribution in [2.75, 3.05) is 0 Å². The van der Waals surface area contributed by atoms with Gasteiger partial charge in [-0.3, -0.25) is 14.4 Å². The zero-order chi connectivity index (χ0) is 13.7. The molecule has 18 heavy (non-hydrogen) atoms. The lowest BCUT2D eigenvalue weighted by Crippen LogP contribution is -2.04. The van der Waals surface area contributed by atoms with Crippen molar-refractivity contribution in [3.63, 3.8) is 0 Å². The number of rotatable bonds is 3. The quantitative estimate of drug-likeness (QED) is 0.475. The van der Waals surface area contributed by atoms with E-state index in [1.807, 2.05) is 0 Å². The van der Waals surface area contributed by atoms with Crippen molar-refractivity contribution in [3.8, 4) is 11.5 Å². The molecule has 1 aromatic carbocycles. The molecule has 0 bridgehead atoms. The minimum Gasteiger partial charge on any atom is -0.427 e. The van der Waals surface area contributed by atoms with E-state index in [4.69, 9.17) is 9.47 Å². The molecule has 0 fully saturated rings. The van der Waals surface area contributed by atoms with Crippen molar-refractivity contribution in [3.05, 3.63) is 18.2 Å². The van der Waals surface area contributed by atoms with Crippen LogP contribution in [0, 0.1) is 0 Å². The monoisotopic (exact) mass is 268 g/mol. The summed E-state index contributed by atoms with van der Waals surface area (Å²) in [5.74, 6) is -0.393. The average Bonchev–Trinajstić information content (AvgIpc) is 2.19. The topological polar surface area (TPSA) is 69.7 Å². The van der Waals surface area contributed by atoms with E-state index in [9.17, 15) is 14.4 Å². The third-order valence-electron chi connectivity index (χ3n) is 1.68. The van der Waals surface area contributed by atoms with Crippen LogP contribution in [0.2, 0.25) is 0 Å². The van der Waals surface area contributed by atoms with E-state index in [2.05, 4.69) is 0 Å². The second kappa shape index (κ2) is 6.20. The maximum atomic E-state index is 11.1. The van der Waals surface area contributed by atoms with E-state index in [1.165, 1.54) is 39.0 Å². The van der Waals surface area contributed by atoms with Gasteiger partial charge in [-0.15, -0.1) is 0 Å². The maximum Gasteiger partial charge on any atom is 0.308 e. The van der Waals surface area contributed by atoms with Crippen molar-refractivity contribution < 1.29 is 23.9 Å². The van der Waals surface area contributed by atoms with Crippen LogP contribution in [0.3, 0.4) is 0 Å². The Morgan fingerprint density at radius 3 is 2.11 bits per heavy atom. The normalized spacial score (nSPS) is 9.72. The highest BCUT2D eigenvalue weighted by Crippen LogP contribution is 2.33. The Morgan fingerprint density at radius 1 is 1.00 bits per heavy atom. The number of hydrogen-bond acceptors (Lipinski definition) is 6. The number of thioether (sulfide) groups is 1. The molecule has 5 nitrogen and oxygen atoms in total. The van der Waals surface area contributed by atoms with Gasteiger partial charge in [-0.25, -0.2) is 0 Å². The first kappa shape index (κ1) is 14.2. The molecule has 1 aromatic rings. The summed E-state index contributed by atoms with van der Waals surface area (Å²) in [4.78, 5) is 33.3. The van der Waals surface area contributed by atoms with Crippen LogP contribution in [0.15, 0.2) is 23.1 Å². The Morgan fingerprint density at radius 2 is 1.61 bits per heavy atom. The van der Waals surface area contributed by atoms with Gasteiger partial charge < -0.3 is 9.47 Å². The number of ether oxygens (including phenoxy) is 2. The minimum atomic E-state index is -0.486. The predicted octanol–water partition coefficient (Wildman–Crippen LogP) is 2.18. The van der Waals surface area contributed by atoms with Gasteiger partial charge in [-0.05, 0) is 30.0 Å². The van der Waals surface area contributed by atoms with E-state index in [1.54, 1.807) is 0 Å². The zero-order valence-electron chi connectivity index (χ0n) is 10.2. The molecule has 0 radical (unpaired) electrons. The van der Waals surface area contributed by atoms with Crippen LogP contribution in [-0.2, 0) is 14.4 Å². The van der Waals surface area contributed by atoms with Gasteiger partial charge in [0.2, 0.25) is 0 Å². The standard InChI is InChI=1S/C12H12O5S/c1-7(13)16-10-4-5-11(17-8(2)14)12(6-10)18-9(3)15/h4-6H,1-3H3. The fraction of sp³-hybridized carbons (Fsp3) is 0.250. The van der Waals surface area contributed by atoms with Crippen LogP contribution < -0.4 is 9.47 Å². The highest BCUT2D eigenvalue weighted by Gasteiger charge is 2.11. The second-order valence-corrected chi connectivity index (χ2v) is 4.61. The molecule has 0 saturated heterocycles. The van der Waals surface area contributed by atoms with Crippen LogP contribution >= 0.6 is 11.8 Å². The molecule has 0 heterocycles. The Balaban J connectivity index is 3.06. The second-order valence-electron chi connectivity index (χ2n) is 3.39. The molecular formula is C12H12O5S. The summed E-state index contributed by atoms with van der Waals surface area (Å²) in [6.45, 7) is 3.93. The van der Waals surface area contributed by atoms with Gasteiger partial charge in [0.1, 0.15) is 11.5 Å². The van der Waals surface area contributed by atoms with E-state index in [-0.39, 0.29) is 10.9 Å². The van der Waals surface area contributed by atoms with Crippen molar-refractivity contribution in [2.45, 2.75) is 25.7 Å². The smallest absolute Gasteiger partial charge is 0.308 e. The molecule has 0 aliphatic heterocycles. The summed E-state index contributed by atoms with van der Waals surface area (Å²) < 4.78 is 9.85. The van der Waals surface area contributed by atoms with Gasteiger partial charge in [-0.1, -0.05) is 0 Å². The third-order valence-corrected chi connectivity index (χ3v) is 2.51. The van der Waals surface area contributed by atoms with Crippen LogP contribution in [0.4, 0.5) is 0 Å². The fourth-order valence-corrected chi connectivity index (χ4v) is 1.89. The predicted molar refractivity (Wildman–Crippen MR) is 65.6 cm³/mol. The summed E-state index contributed by atoms with van der Waals surface area (Å²) in [5.41, 5.74) is 0. The number of benzene rings is 1. The highest BCUT2D eigenvalue weighted by atomic mass is 32.2.